The van der Waals surface area contributed by atoms with Crippen molar-refractivity contribution in [1.82, 2.24) is 0 Å². The zero-order chi connectivity index (χ0) is 12.6. The van der Waals surface area contributed by atoms with Crippen molar-refractivity contribution in [3.05, 3.63) is 43.7 Å². The van der Waals surface area contributed by atoms with Gasteiger partial charge in [0.25, 0.3) is 0 Å². The minimum absolute atomic E-state index is 0.159. The van der Waals surface area contributed by atoms with Crippen LogP contribution in [-0.2, 0) is 0 Å². The van der Waals surface area contributed by atoms with Crippen molar-refractivity contribution in [1.29, 1.82) is 0 Å². The summed E-state index contributed by atoms with van der Waals surface area (Å²) in [4.78, 5) is 0. The number of phenols is 2. The molecule has 2 rings (SSSR count). The van der Waals surface area contributed by atoms with Crippen LogP contribution in [0.15, 0.2) is 43.7 Å². The molecule has 0 spiro atoms. The SMILES string of the molecule is Oc1ccc(-c2c(Br)cc(O)c(Br)c2Br)cc1. The van der Waals surface area contributed by atoms with E-state index in [0.717, 1.165) is 20.1 Å². The van der Waals surface area contributed by atoms with Crippen molar-refractivity contribution in [2.75, 3.05) is 0 Å². The van der Waals surface area contributed by atoms with E-state index in [1.54, 1.807) is 18.2 Å². The topological polar surface area (TPSA) is 40.5 Å². The fourth-order valence-corrected chi connectivity index (χ4v) is 3.34. The highest BCUT2D eigenvalue weighted by Gasteiger charge is 2.14. The Bertz CT molecular complexity index is 565. The molecule has 0 saturated heterocycles. The van der Waals surface area contributed by atoms with Crippen LogP contribution in [-0.4, -0.2) is 10.2 Å². The summed E-state index contributed by atoms with van der Waals surface area (Å²) in [5.74, 6) is 0.380. The van der Waals surface area contributed by atoms with E-state index >= 15 is 0 Å². The maximum Gasteiger partial charge on any atom is 0.132 e. The van der Waals surface area contributed by atoms with Gasteiger partial charge in [-0.15, -0.1) is 0 Å². The molecule has 0 aromatic heterocycles. The van der Waals surface area contributed by atoms with Gasteiger partial charge in [0.2, 0.25) is 0 Å². The van der Waals surface area contributed by atoms with Gasteiger partial charge in [0.1, 0.15) is 11.5 Å². The quantitative estimate of drug-likeness (QED) is 0.631. The smallest absolute Gasteiger partial charge is 0.132 e. The molecule has 2 N–H and O–H groups in total. The molecule has 0 bridgehead atoms. The van der Waals surface area contributed by atoms with Crippen LogP contribution in [0, 0.1) is 0 Å². The van der Waals surface area contributed by atoms with Crippen molar-refractivity contribution in [3.63, 3.8) is 0 Å². The van der Waals surface area contributed by atoms with Crippen molar-refractivity contribution >= 4 is 47.8 Å². The van der Waals surface area contributed by atoms with Gasteiger partial charge in [0.05, 0.1) is 4.47 Å². The van der Waals surface area contributed by atoms with Crippen LogP contribution in [0.3, 0.4) is 0 Å². The second-order valence-corrected chi connectivity index (χ2v) is 5.87. The van der Waals surface area contributed by atoms with Crippen molar-refractivity contribution in [3.8, 4) is 22.6 Å². The van der Waals surface area contributed by atoms with E-state index in [0.29, 0.717) is 4.47 Å². The fourth-order valence-electron chi connectivity index (χ4n) is 1.48. The van der Waals surface area contributed by atoms with Crippen molar-refractivity contribution in [2.45, 2.75) is 0 Å². The molecule has 0 aliphatic carbocycles. The van der Waals surface area contributed by atoms with E-state index in [-0.39, 0.29) is 11.5 Å². The Morgan fingerprint density at radius 1 is 0.824 bits per heavy atom. The van der Waals surface area contributed by atoms with E-state index in [1.807, 2.05) is 12.1 Å². The van der Waals surface area contributed by atoms with Crippen LogP contribution in [0.4, 0.5) is 0 Å². The third kappa shape index (κ3) is 2.51. The Morgan fingerprint density at radius 3 is 2.00 bits per heavy atom. The van der Waals surface area contributed by atoms with Crippen molar-refractivity contribution < 1.29 is 10.2 Å². The van der Waals surface area contributed by atoms with Gasteiger partial charge < -0.3 is 10.2 Å². The van der Waals surface area contributed by atoms with Crippen LogP contribution in [0.5, 0.6) is 11.5 Å². The van der Waals surface area contributed by atoms with Crippen LogP contribution in [0.2, 0.25) is 0 Å². The molecule has 17 heavy (non-hydrogen) atoms. The zero-order valence-electron chi connectivity index (χ0n) is 8.42. The fraction of sp³-hybridized carbons (Fsp3) is 0. The number of hydrogen-bond acceptors (Lipinski definition) is 2. The van der Waals surface area contributed by atoms with Gasteiger partial charge >= 0.3 is 0 Å². The first-order valence-corrected chi connectivity index (χ1v) is 7.04. The van der Waals surface area contributed by atoms with Crippen LogP contribution >= 0.6 is 47.8 Å². The molecule has 2 nitrogen and oxygen atoms in total. The lowest BCUT2D eigenvalue weighted by atomic mass is 10.1. The maximum atomic E-state index is 9.65. The summed E-state index contributed by atoms with van der Waals surface area (Å²) in [5.41, 5.74) is 1.84. The Kier molecular flexibility index (Phi) is 3.80. The highest BCUT2D eigenvalue weighted by Crippen LogP contribution is 2.44. The lowest BCUT2D eigenvalue weighted by molar-refractivity contribution is 0.471. The highest BCUT2D eigenvalue weighted by molar-refractivity contribution is 9.13. The predicted molar refractivity (Wildman–Crippen MR) is 78.3 cm³/mol. The number of hydrogen-bond donors (Lipinski definition) is 2. The first kappa shape index (κ1) is 12.9. The molecule has 0 atom stereocenters. The third-order valence-electron chi connectivity index (χ3n) is 2.30. The van der Waals surface area contributed by atoms with E-state index in [4.69, 9.17) is 0 Å². The summed E-state index contributed by atoms with van der Waals surface area (Å²) in [6.45, 7) is 0. The summed E-state index contributed by atoms with van der Waals surface area (Å²) in [7, 11) is 0. The molecule has 0 fully saturated rings. The Balaban J connectivity index is 2.67. The number of rotatable bonds is 1. The van der Waals surface area contributed by atoms with Gasteiger partial charge in [0.15, 0.2) is 0 Å². The molecule has 0 amide bonds. The second kappa shape index (κ2) is 5.00. The van der Waals surface area contributed by atoms with Gasteiger partial charge in [-0.25, -0.2) is 0 Å². The molecule has 2 aromatic carbocycles. The molecule has 0 unspecified atom stereocenters. The largest absolute Gasteiger partial charge is 0.508 e. The standard InChI is InChI=1S/C12H7Br3O2/c13-8-5-9(17)11(14)12(15)10(8)6-1-3-7(16)4-2-6/h1-5,16-17H. The summed E-state index contributed by atoms with van der Waals surface area (Å²) in [6.07, 6.45) is 0. The lowest BCUT2D eigenvalue weighted by Gasteiger charge is -2.11. The molecule has 0 aliphatic rings. The molecule has 2 aromatic rings. The minimum Gasteiger partial charge on any atom is -0.508 e. The number of aromatic hydroxyl groups is 2. The van der Waals surface area contributed by atoms with E-state index in [2.05, 4.69) is 47.8 Å². The summed E-state index contributed by atoms with van der Waals surface area (Å²) in [5, 5.41) is 18.9. The average molecular weight is 423 g/mol. The second-order valence-electron chi connectivity index (χ2n) is 3.43. The minimum atomic E-state index is 0.159. The summed E-state index contributed by atoms with van der Waals surface area (Å²) < 4.78 is 2.13. The van der Waals surface area contributed by atoms with Crippen molar-refractivity contribution in [2.24, 2.45) is 0 Å². The molecule has 88 valence electrons. The van der Waals surface area contributed by atoms with Gasteiger partial charge in [-0.2, -0.15) is 0 Å². The number of halogens is 3. The lowest BCUT2D eigenvalue weighted by Crippen LogP contribution is -1.84. The van der Waals surface area contributed by atoms with E-state index in [9.17, 15) is 10.2 Å². The molecule has 0 saturated carbocycles. The molecular weight excluding hydrogens is 416 g/mol. The Morgan fingerprint density at radius 2 is 1.41 bits per heavy atom. The molecule has 0 aliphatic heterocycles. The maximum absolute atomic E-state index is 9.65. The first-order chi connectivity index (χ1) is 8.00. The monoisotopic (exact) mass is 420 g/mol. The Labute approximate surface area is 124 Å². The highest BCUT2D eigenvalue weighted by atomic mass is 79.9. The van der Waals surface area contributed by atoms with Gasteiger partial charge in [0, 0.05) is 14.5 Å². The summed E-state index contributed by atoms with van der Waals surface area (Å²) in [6, 6.07) is 8.48. The van der Waals surface area contributed by atoms with E-state index < -0.39 is 0 Å². The van der Waals surface area contributed by atoms with E-state index in [1.165, 1.54) is 0 Å². The summed E-state index contributed by atoms with van der Waals surface area (Å²) >= 11 is 10.2. The zero-order valence-corrected chi connectivity index (χ0v) is 13.2. The average Bonchev–Trinajstić information content (AvgIpc) is 2.29. The van der Waals surface area contributed by atoms with Gasteiger partial charge in [-0.1, -0.05) is 12.1 Å². The van der Waals surface area contributed by atoms with Crippen LogP contribution in [0.1, 0.15) is 0 Å². The predicted octanol–water partition coefficient (Wildman–Crippen LogP) is 5.05. The Hall–Kier alpha value is -0.520. The van der Waals surface area contributed by atoms with Crippen LogP contribution in [0.25, 0.3) is 11.1 Å². The van der Waals surface area contributed by atoms with Gasteiger partial charge in [-0.05, 0) is 71.6 Å². The molecule has 0 radical (unpaired) electrons. The first-order valence-electron chi connectivity index (χ1n) is 4.66. The molecular formula is C12H7Br3O2. The third-order valence-corrected chi connectivity index (χ3v) is 5.05. The van der Waals surface area contributed by atoms with Crippen LogP contribution < -0.4 is 0 Å². The molecule has 5 heteroatoms. The normalized spacial score (nSPS) is 10.5. The molecule has 0 heterocycles. The number of phenolic OH excluding ortho intramolecular Hbond substituents is 2. The van der Waals surface area contributed by atoms with Gasteiger partial charge in [-0.3, -0.25) is 0 Å². The number of benzene rings is 2.